The van der Waals surface area contributed by atoms with Gasteiger partial charge in [0.25, 0.3) is 0 Å². The predicted molar refractivity (Wildman–Crippen MR) is 68.1 cm³/mol. The van der Waals surface area contributed by atoms with Gasteiger partial charge in [0.15, 0.2) is 6.10 Å². The number of methoxy groups -OCH3 is 1. The molecular formula is C13H24O6. The number of carbonyl (C=O) groups excluding carboxylic acids is 1. The SMILES string of the molecule is COCCOCCOCCOC1CCCCOC1=O. The summed E-state index contributed by atoms with van der Waals surface area (Å²) in [6, 6.07) is 0. The summed E-state index contributed by atoms with van der Waals surface area (Å²) in [5, 5.41) is 0. The molecule has 1 heterocycles. The Morgan fingerprint density at radius 1 is 1.05 bits per heavy atom. The molecule has 6 heteroatoms. The number of esters is 1. The molecule has 6 nitrogen and oxygen atoms in total. The molecule has 1 rings (SSSR count). The van der Waals surface area contributed by atoms with E-state index >= 15 is 0 Å². The third-order valence-electron chi connectivity index (χ3n) is 2.72. The number of hydrogen-bond donors (Lipinski definition) is 0. The summed E-state index contributed by atoms with van der Waals surface area (Å²) in [5.74, 6) is -0.250. The highest BCUT2D eigenvalue weighted by Crippen LogP contribution is 2.11. The maximum absolute atomic E-state index is 11.5. The van der Waals surface area contributed by atoms with Gasteiger partial charge in [-0.15, -0.1) is 0 Å². The quantitative estimate of drug-likeness (QED) is 0.434. The topological polar surface area (TPSA) is 63.2 Å². The van der Waals surface area contributed by atoms with Gasteiger partial charge in [0, 0.05) is 7.11 Å². The minimum absolute atomic E-state index is 0.250. The van der Waals surface area contributed by atoms with Gasteiger partial charge >= 0.3 is 5.97 Å². The molecule has 19 heavy (non-hydrogen) atoms. The lowest BCUT2D eigenvalue weighted by Gasteiger charge is -2.13. The summed E-state index contributed by atoms with van der Waals surface area (Å²) < 4.78 is 25.9. The molecule has 1 atom stereocenters. The molecule has 0 aromatic rings. The highest BCUT2D eigenvalue weighted by molar-refractivity contribution is 5.74. The average Bonchev–Trinajstić information content (AvgIpc) is 2.62. The van der Waals surface area contributed by atoms with Crippen LogP contribution in [-0.2, 0) is 28.5 Å². The number of carbonyl (C=O) groups is 1. The summed E-state index contributed by atoms with van der Waals surface area (Å²) >= 11 is 0. The lowest BCUT2D eigenvalue weighted by Crippen LogP contribution is -2.26. The third-order valence-corrected chi connectivity index (χ3v) is 2.72. The van der Waals surface area contributed by atoms with Gasteiger partial charge in [-0.1, -0.05) is 0 Å². The molecule has 1 saturated heterocycles. The van der Waals surface area contributed by atoms with E-state index in [4.69, 9.17) is 23.7 Å². The van der Waals surface area contributed by atoms with Crippen LogP contribution in [0.2, 0.25) is 0 Å². The van der Waals surface area contributed by atoms with E-state index in [2.05, 4.69) is 0 Å². The van der Waals surface area contributed by atoms with Crippen LogP contribution in [0.15, 0.2) is 0 Å². The Balaban J connectivity index is 1.91. The van der Waals surface area contributed by atoms with E-state index in [1.54, 1.807) is 7.11 Å². The average molecular weight is 276 g/mol. The lowest BCUT2D eigenvalue weighted by molar-refractivity contribution is -0.156. The molecule has 1 unspecified atom stereocenters. The molecule has 0 radical (unpaired) electrons. The highest BCUT2D eigenvalue weighted by atomic mass is 16.6. The summed E-state index contributed by atoms with van der Waals surface area (Å²) in [6.45, 7) is 3.58. The van der Waals surface area contributed by atoms with E-state index in [0.717, 1.165) is 19.3 Å². The Bertz CT molecular complexity index is 233. The second-order valence-electron chi connectivity index (χ2n) is 4.24. The summed E-state index contributed by atoms with van der Waals surface area (Å²) in [6.07, 6.45) is 2.19. The third kappa shape index (κ3) is 8.15. The van der Waals surface area contributed by atoms with Crippen LogP contribution in [0.5, 0.6) is 0 Å². The highest BCUT2D eigenvalue weighted by Gasteiger charge is 2.22. The van der Waals surface area contributed by atoms with E-state index in [-0.39, 0.29) is 5.97 Å². The lowest BCUT2D eigenvalue weighted by atomic mass is 10.2. The van der Waals surface area contributed by atoms with Crippen LogP contribution < -0.4 is 0 Å². The van der Waals surface area contributed by atoms with Crippen LogP contribution in [0.4, 0.5) is 0 Å². The first-order valence-corrected chi connectivity index (χ1v) is 6.77. The number of hydrogen-bond acceptors (Lipinski definition) is 6. The Labute approximate surface area is 114 Å². The minimum atomic E-state index is -0.427. The van der Waals surface area contributed by atoms with Gasteiger partial charge in [-0.25, -0.2) is 4.79 Å². The first-order valence-electron chi connectivity index (χ1n) is 6.77. The van der Waals surface area contributed by atoms with Crippen LogP contribution in [0.3, 0.4) is 0 Å². The van der Waals surface area contributed by atoms with E-state index < -0.39 is 6.10 Å². The molecule has 1 aliphatic rings. The van der Waals surface area contributed by atoms with Crippen molar-refractivity contribution in [2.24, 2.45) is 0 Å². The fourth-order valence-electron chi connectivity index (χ4n) is 1.68. The molecule has 0 spiro atoms. The molecule has 0 aliphatic carbocycles. The molecule has 0 aromatic carbocycles. The van der Waals surface area contributed by atoms with Crippen molar-refractivity contribution in [1.29, 1.82) is 0 Å². The molecule has 112 valence electrons. The van der Waals surface area contributed by atoms with E-state index in [1.165, 1.54) is 0 Å². The molecule has 0 amide bonds. The smallest absolute Gasteiger partial charge is 0.335 e. The molecule has 0 bridgehead atoms. The van der Waals surface area contributed by atoms with E-state index in [1.807, 2.05) is 0 Å². The number of rotatable bonds is 10. The van der Waals surface area contributed by atoms with Crippen molar-refractivity contribution < 1.29 is 28.5 Å². The molecule has 1 aliphatic heterocycles. The molecule has 1 fully saturated rings. The summed E-state index contributed by atoms with van der Waals surface area (Å²) in [5.41, 5.74) is 0. The van der Waals surface area contributed by atoms with Crippen LogP contribution in [0.1, 0.15) is 19.3 Å². The van der Waals surface area contributed by atoms with Gasteiger partial charge in [0.1, 0.15) is 0 Å². The van der Waals surface area contributed by atoms with Crippen molar-refractivity contribution in [3.63, 3.8) is 0 Å². The van der Waals surface area contributed by atoms with Crippen molar-refractivity contribution in [2.75, 3.05) is 53.4 Å². The van der Waals surface area contributed by atoms with Gasteiger partial charge < -0.3 is 23.7 Å². The van der Waals surface area contributed by atoms with Gasteiger partial charge in [-0.2, -0.15) is 0 Å². The van der Waals surface area contributed by atoms with Gasteiger partial charge in [0.2, 0.25) is 0 Å². The largest absolute Gasteiger partial charge is 0.464 e. The molecular weight excluding hydrogens is 252 g/mol. The molecule has 0 saturated carbocycles. The molecule has 0 aromatic heterocycles. The monoisotopic (exact) mass is 276 g/mol. The van der Waals surface area contributed by atoms with Crippen LogP contribution in [-0.4, -0.2) is 65.4 Å². The first kappa shape index (κ1) is 16.4. The van der Waals surface area contributed by atoms with E-state index in [9.17, 15) is 4.79 Å². The first-order chi connectivity index (χ1) is 9.34. The number of ether oxygens (including phenoxy) is 5. The van der Waals surface area contributed by atoms with Crippen molar-refractivity contribution in [3.8, 4) is 0 Å². The number of cyclic esters (lactones) is 1. The van der Waals surface area contributed by atoms with Gasteiger partial charge in [-0.3, -0.25) is 0 Å². The van der Waals surface area contributed by atoms with Crippen LogP contribution in [0.25, 0.3) is 0 Å². The second-order valence-corrected chi connectivity index (χ2v) is 4.24. The summed E-state index contributed by atoms with van der Waals surface area (Å²) in [4.78, 5) is 11.5. The van der Waals surface area contributed by atoms with Crippen molar-refractivity contribution >= 4 is 5.97 Å². The van der Waals surface area contributed by atoms with Crippen LogP contribution in [0, 0.1) is 0 Å². The standard InChI is InChI=1S/C13H24O6/c1-15-6-7-16-8-9-17-10-11-18-12-4-2-3-5-19-13(12)14/h12H,2-11H2,1H3. The Hall–Kier alpha value is -0.690. The van der Waals surface area contributed by atoms with Crippen molar-refractivity contribution in [3.05, 3.63) is 0 Å². The zero-order valence-electron chi connectivity index (χ0n) is 11.6. The maximum Gasteiger partial charge on any atom is 0.335 e. The van der Waals surface area contributed by atoms with Gasteiger partial charge in [-0.05, 0) is 19.3 Å². The van der Waals surface area contributed by atoms with E-state index in [0.29, 0.717) is 46.2 Å². The Morgan fingerprint density at radius 3 is 2.47 bits per heavy atom. The molecule has 0 N–H and O–H groups in total. The maximum atomic E-state index is 11.5. The van der Waals surface area contributed by atoms with Crippen molar-refractivity contribution in [1.82, 2.24) is 0 Å². The Kier molecular flexibility index (Phi) is 9.61. The Morgan fingerprint density at radius 2 is 1.74 bits per heavy atom. The summed E-state index contributed by atoms with van der Waals surface area (Å²) in [7, 11) is 1.63. The fraction of sp³-hybridized carbons (Fsp3) is 0.923. The zero-order chi connectivity index (χ0) is 13.8. The van der Waals surface area contributed by atoms with Crippen LogP contribution >= 0.6 is 0 Å². The fourth-order valence-corrected chi connectivity index (χ4v) is 1.68. The predicted octanol–water partition coefficient (Wildman–Crippen LogP) is 0.778. The zero-order valence-corrected chi connectivity index (χ0v) is 11.6. The minimum Gasteiger partial charge on any atom is -0.464 e. The second kappa shape index (κ2) is 11.2. The van der Waals surface area contributed by atoms with Gasteiger partial charge in [0.05, 0.1) is 46.2 Å². The van der Waals surface area contributed by atoms with Crippen molar-refractivity contribution in [2.45, 2.75) is 25.4 Å². The normalized spacial score (nSPS) is 20.1.